The molecule has 2 heteroatoms. The molecule has 0 saturated heterocycles. The Labute approximate surface area is 140 Å². The van der Waals surface area contributed by atoms with E-state index in [1.54, 1.807) is 6.07 Å². The average molecular weight is 314 g/mol. The number of fused-ring (bicyclic) bond motifs is 3. The fraction of sp³-hybridized carbons (Fsp3) is 0.0909. The molecule has 0 heterocycles. The first kappa shape index (κ1) is 14.6. The molecule has 1 aliphatic carbocycles. The lowest BCUT2D eigenvalue weighted by Gasteiger charge is -2.10. The summed E-state index contributed by atoms with van der Waals surface area (Å²) in [5, 5.41) is 22.4. The lowest BCUT2D eigenvalue weighted by Crippen LogP contribution is -2.27. The molecule has 2 nitrogen and oxygen atoms in total. The highest BCUT2D eigenvalue weighted by Gasteiger charge is 2.15. The number of phenols is 2. The summed E-state index contributed by atoms with van der Waals surface area (Å²) < 4.78 is 0. The number of hydrogen-bond donors (Lipinski definition) is 2. The molecule has 118 valence electrons. The maximum atomic E-state index is 10.3. The number of benzene rings is 3. The summed E-state index contributed by atoms with van der Waals surface area (Å²) >= 11 is 0. The van der Waals surface area contributed by atoms with Crippen LogP contribution in [0.15, 0.2) is 60.7 Å². The molecule has 2 N–H and O–H groups in total. The molecule has 0 saturated carbocycles. The molecule has 0 fully saturated rings. The van der Waals surface area contributed by atoms with Crippen LogP contribution in [0, 0.1) is 0 Å². The third kappa shape index (κ3) is 2.11. The quantitative estimate of drug-likeness (QED) is 0.556. The molecule has 0 spiro atoms. The number of aromatic hydroxyl groups is 2. The fourth-order valence-electron chi connectivity index (χ4n) is 3.54. The van der Waals surface area contributed by atoms with E-state index in [4.69, 9.17) is 0 Å². The molecule has 3 aromatic carbocycles. The lowest BCUT2D eigenvalue weighted by atomic mass is 9.96. The van der Waals surface area contributed by atoms with Gasteiger partial charge in [-0.05, 0) is 51.3 Å². The summed E-state index contributed by atoms with van der Waals surface area (Å²) in [6.45, 7) is 2.07. The summed E-state index contributed by atoms with van der Waals surface area (Å²) in [6, 6.07) is 19.8. The van der Waals surface area contributed by atoms with Crippen molar-refractivity contribution < 1.29 is 10.2 Å². The molecule has 1 aliphatic rings. The second-order valence-electron chi connectivity index (χ2n) is 6.00. The first-order valence-electron chi connectivity index (χ1n) is 8.15. The van der Waals surface area contributed by atoms with E-state index in [1.807, 2.05) is 12.1 Å². The molecule has 4 rings (SSSR count). The van der Waals surface area contributed by atoms with Crippen molar-refractivity contribution >= 4 is 11.6 Å². The molecular weight excluding hydrogens is 296 g/mol. The van der Waals surface area contributed by atoms with Gasteiger partial charge >= 0.3 is 0 Å². The van der Waals surface area contributed by atoms with Crippen molar-refractivity contribution in [2.24, 2.45) is 0 Å². The van der Waals surface area contributed by atoms with E-state index in [0.717, 1.165) is 17.2 Å². The first-order valence-corrected chi connectivity index (χ1v) is 8.15. The minimum atomic E-state index is -0.0849. The summed E-state index contributed by atoms with van der Waals surface area (Å²) in [7, 11) is 0. The molecule has 0 radical (unpaired) electrons. The van der Waals surface area contributed by atoms with Crippen molar-refractivity contribution in [3.63, 3.8) is 0 Å². The molecule has 0 unspecified atom stereocenters. The summed E-state index contributed by atoms with van der Waals surface area (Å²) in [5.41, 5.74) is 5.40. The smallest absolute Gasteiger partial charge is 0.165 e. The largest absolute Gasteiger partial charge is 0.504 e. The van der Waals surface area contributed by atoms with Gasteiger partial charge in [0.05, 0.1) is 0 Å². The van der Waals surface area contributed by atoms with Crippen molar-refractivity contribution in [1.29, 1.82) is 0 Å². The SMILES string of the molecule is CCC(c1cccc(O)c1O)=c1cccc2c1=Cc1ccccc1-2. The van der Waals surface area contributed by atoms with Gasteiger partial charge in [0, 0.05) is 5.56 Å². The van der Waals surface area contributed by atoms with Crippen LogP contribution < -0.4 is 10.4 Å². The zero-order valence-corrected chi connectivity index (χ0v) is 13.5. The highest BCUT2D eigenvalue weighted by atomic mass is 16.3. The molecule has 0 aliphatic heterocycles. The number of phenolic OH excluding ortho intramolecular Hbond substituents is 2. The zero-order chi connectivity index (χ0) is 16.7. The van der Waals surface area contributed by atoms with Crippen molar-refractivity contribution in [3.05, 3.63) is 82.2 Å². The van der Waals surface area contributed by atoms with Gasteiger partial charge < -0.3 is 10.2 Å². The Morgan fingerprint density at radius 1 is 0.833 bits per heavy atom. The molecule has 0 bridgehead atoms. The van der Waals surface area contributed by atoms with Crippen LogP contribution >= 0.6 is 0 Å². The Balaban J connectivity index is 2.10. The van der Waals surface area contributed by atoms with Gasteiger partial charge in [-0.2, -0.15) is 0 Å². The normalized spacial score (nSPS) is 13.0. The second kappa shape index (κ2) is 5.57. The van der Waals surface area contributed by atoms with E-state index in [0.29, 0.717) is 5.56 Å². The third-order valence-corrected chi connectivity index (χ3v) is 4.68. The van der Waals surface area contributed by atoms with Crippen LogP contribution in [0.2, 0.25) is 0 Å². The molecular formula is C22H18O2. The van der Waals surface area contributed by atoms with Crippen LogP contribution in [0.25, 0.3) is 22.8 Å². The Hall–Kier alpha value is -3.00. The van der Waals surface area contributed by atoms with Crippen LogP contribution in [0.5, 0.6) is 11.5 Å². The van der Waals surface area contributed by atoms with Gasteiger partial charge in [-0.3, -0.25) is 0 Å². The van der Waals surface area contributed by atoms with Crippen LogP contribution in [0.1, 0.15) is 24.5 Å². The van der Waals surface area contributed by atoms with Gasteiger partial charge in [0.2, 0.25) is 0 Å². The highest BCUT2D eigenvalue weighted by Crippen LogP contribution is 2.33. The lowest BCUT2D eigenvalue weighted by molar-refractivity contribution is 0.402. The van der Waals surface area contributed by atoms with Gasteiger partial charge in [0.25, 0.3) is 0 Å². The molecule has 24 heavy (non-hydrogen) atoms. The van der Waals surface area contributed by atoms with Crippen LogP contribution in [0.3, 0.4) is 0 Å². The predicted molar refractivity (Wildman–Crippen MR) is 97.3 cm³/mol. The Kier molecular flexibility index (Phi) is 3.39. The molecule has 0 aromatic heterocycles. The fourth-order valence-corrected chi connectivity index (χ4v) is 3.54. The maximum Gasteiger partial charge on any atom is 0.165 e. The zero-order valence-electron chi connectivity index (χ0n) is 13.5. The Bertz CT molecular complexity index is 1060. The van der Waals surface area contributed by atoms with Gasteiger partial charge in [-0.15, -0.1) is 0 Å². The van der Waals surface area contributed by atoms with E-state index >= 15 is 0 Å². The van der Waals surface area contributed by atoms with E-state index in [1.165, 1.54) is 28.0 Å². The molecule has 3 aromatic rings. The Morgan fingerprint density at radius 2 is 1.58 bits per heavy atom. The standard InChI is InChI=1S/C22H18O2/c1-2-15(19-11-6-12-21(23)22(19)24)17-9-5-10-18-16-8-4-3-7-14(16)13-20(17)18/h3-13,23-24H,2H2,1H3. The number of rotatable bonds is 2. The average Bonchev–Trinajstić information content (AvgIpc) is 2.99. The minimum Gasteiger partial charge on any atom is -0.504 e. The van der Waals surface area contributed by atoms with Gasteiger partial charge in [0.1, 0.15) is 0 Å². The van der Waals surface area contributed by atoms with E-state index < -0.39 is 0 Å². The van der Waals surface area contributed by atoms with E-state index in [2.05, 4.69) is 49.4 Å². The second-order valence-corrected chi connectivity index (χ2v) is 6.00. The van der Waals surface area contributed by atoms with Gasteiger partial charge in [-0.25, -0.2) is 0 Å². The summed E-state index contributed by atoms with van der Waals surface area (Å²) in [4.78, 5) is 0. The minimum absolute atomic E-state index is 0.0533. The number of hydrogen-bond acceptors (Lipinski definition) is 2. The third-order valence-electron chi connectivity index (χ3n) is 4.68. The van der Waals surface area contributed by atoms with E-state index in [9.17, 15) is 10.2 Å². The van der Waals surface area contributed by atoms with Crippen molar-refractivity contribution in [2.45, 2.75) is 13.3 Å². The predicted octanol–water partition coefficient (Wildman–Crippen LogP) is 3.52. The number of para-hydroxylation sites is 1. The highest BCUT2D eigenvalue weighted by molar-refractivity contribution is 5.84. The summed E-state index contributed by atoms with van der Waals surface area (Å²) in [5.74, 6) is -0.138. The summed E-state index contributed by atoms with van der Waals surface area (Å²) in [6.07, 6.45) is 2.97. The van der Waals surface area contributed by atoms with Crippen LogP contribution in [-0.4, -0.2) is 10.2 Å². The van der Waals surface area contributed by atoms with Crippen LogP contribution in [0.4, 0.5) is 0 Å². The van der Waals surface area contributed by atoms with Crippen molar-refractivity contribution in [3.8, 4) is 22.6 Å². The van der Waals surface area contributed by atoms with Gasteiger partial charge in [0.15, 0.2) is 11.5 Å². The monoisotopic (exact) mass is 314 g/mol. The molecule has 0 atom stereocenters. The Morgan fingerprint density at radius 3 is 2.42 bits per heavy atom. The first-order chi connectivity index (χ1) is 11.7. The van der Waals surface area contributed by atoms with Crippen molar-refractivity contribution in [1.82, 2.24) is 0 Å². The molecule has 0 amide bonds. The van der Waals surface area contributed by atoms with Gasteiger partial charge in [-0.1, -0.05) is 61.5 Å². The van der Waals surface area contributed by atoms with Crippen molar-refractivity contribution in [2.75, 3.05) is 0 Å². The maximum absolute atomic E-state index is 10.3. The van der Waals surface area contributed by atoms with Crippen LogP contribution in [-0.2, 0) is 0 Å². The topological polar surface area (TPSA) is 40.5 Å². The van der Waals surface area contributed by atoms with E-state index in [-0.39, 0.29) is 11.5 Å².